The Hall–Kier alpha value is -3.26. The standard InChI is InChI=1S/C26H33NO7/c1-14(2)10-19(28)18-8-9-20-22(24(18)31-7)25(29)32-13-17-11-16(5)12-21(23(17)33-20)34-26(30)27(6)15(3)4/h8-9,11-12,14-15,19,28H,10,13H2,1-7H3/t19-/m0/s1. The number of nitrogens with zero attached hydrogens (tertiary/aromatic N) is 1. The number of amides is 1. The van der Waals surface area contributed by atoms with E-state index in [-0.39, 0.29) is 47.1 Å². The fourth-order valence-electron chi connectivity index (χ4n) is 3.73. The van der Waals surface area contributed by atoms with Gasteiger partial charge in [-0.15, -0.1) is 0 Å². The smallest absolute Gasteiger partial charge is 0.415 e. The second-order valence-corrected chi connectivity index (χ2v) is 9.21. The summed E-state index contributed by atoms with van der Waals surface area (Å²) in [6.07, 6.45) is -0.858. The molecule has 2 aromatic carbocycles. The molecule has 1 aliphatic heterocycles. The Morgan fingerprint density at radius 2 is 1.91 bits per heavy atom. The number of carbonyl (C=O) groups is 2. The summed E-state index contributed by atoms with van der Waals surface area (Å²) in [5.74, 6) is 0.490. The van der Waals surface area contributed by atoms with Gasteiger partial charge >= 0.3 is 12.1 Å². The lowest BCUT2D eigenvalue weighted by Gasteiger charge is -2.25. The van der Waals surface area contributed by atoms with Crippen molar-refractivity contribution in [2.24, 2.45) is 5.92 Å². The lowest BCUT2D eigenvalue weighted by Crippen LogP contribution is -2.35. The number of rotatable bonds is 6. The molecule has 0 aliphatic carbocycles. The first-order valence-electron chi connectivity index (χ1n) is 11.4. The van der Waals surface area contributed by atoms with Crippen LogP contribution in [0.25, 0.3) is 0 Å². The molecule has 1 N–H and O–H groups in total. The molecule has 0 aromatic heterocycles. The van der Waals surface area contributed by atoms with E-state index in [1.54, 1.807) is 25.2 Å². The molecule has 8 nitrogen and oxygen atoms in total. The van der Waals surface area contributed by atoms with Gasteiger partial charge in [-0.2, -0.15) is 0 Å². The summed E-state index contributed by atoms with van der Waals surface area (Å²) >= 11 is 0. The van der Waals surface area contributed by atoms with Gasteiger partial charge in [0.05, 0.1) is 13.2 Å². The largest absolute Gasteiger partial charge is 0.495 e. The molecule has 0 spiro atoms. The maximum atomic E-state index is 13.0. The number of benzene rings is 2. The molecule has 0 saturated carbocycles. The highest BCUT2D eigenvalue weighted by Gasteiger charge is 2.31. The SMILES string of the molecule is COc1c([C@@H](O)CC(C)C)ccc2c1C(=O)OCc1cc(C)cc(OC(=O)N(C)C(C)C)c1O2. The van der Waals surface area contributed by atoms with Crippen molar-refractivity contribution in [3.05, 3.63) is 46.5 Å². The van der Waals surface area contributed by atoms with Gasteiger partial charge in [0, 0.05) is 24.2 Å². The number of methoxy groups -OCH3 is 1. The van der Waals surface area contributed by atoms with Gasteiger partial charge in [0.1, 0.15) is 23.7 Å². The predicted octanol–water partition coefficient (Wildman–Crippen LogP) is 5.38. The van der Waals surface area contributed by atoms with Gasteiger partial charge in [0.15, 0.2) is 11.5 Å². The van der Waals surface area contributed by atoms with Crippen LogP contribution >= 0.6 is 0 Å². The van der Waals surface area contributed by atoms with Crippen molar-refractivity contribution >= 4 is 12.1 Å². The van der Waals surface area contributed by atoms with E-state index in [4.69, 9.17) is 18.9 Å². The van der Waals surface area contributed by atoms with Crippen LogP contribution in [0.4, 0.5) is 4.79 Å². The van der Waals surface area contributed by atoms with Crippen LogP contribution in [0, 0.1) is 12.8 Å². The van der Waals surface area contributed by atoms with Gasteiger partial charge < -0.3 is 29.0 Å². The number of aryl methyl sites for hydroxylation is 1. The Morgan fingerprint density at radius 3 is 2.53 bits per heavy atom. The quantitative estimate of drug-likeness (QED) is 0.565. The molecule has 0 unspecified atom stereocenters. The van der Waals surface area contributed by atoms with Crippen LogP contribution in [-0.4, -0.2) is 42.3 Å². The maximum Gasteiger partial charge on any atom is 0.415 e. The van der Waals surface area contributed by atoms with Gasteiger partial charge in [-0.1, -0.05) is 13.8 Å². The number of esters is 1. The Labute approximate surface area is 200 Å². The van der Waals surface area contributed by atoms with Crippen molar-refractivity contribution in [2.45, 2.75) is 59.8 Å². The fraction of sp³-hybridized carbons (Fsp3) is 0.462. The molecule has 0 radical (unpaired) electrons. The van der Waals surface area contributed by atoms with Gasteiger partial charge in [-0.25, -0.2) is 9.59 Å². The summed E-state index contributed by atoms with van der Waals surface area (Å²) in [5, 5.41) is 10.7. The van der Waals surface area contributed by atoms with Crippen molar-refractivity contribution in [1.82, 2.24) is 4.90 Å². The summed E-state index contributed by atoms with van der Waals surface area (Å²) in [6, 6.07) is 6.73. The molecular formula is C26H33NO7. The first kappa shape index (κ1) is 25.4. The lowest BCUT2D eigenvalue weighted by molar-refractivity contribution is 0.0453. The van der Waals surface area contributed by atoms with E-state index in [1.807, 2.05) is 40.7 Å². The molecule has 0 fully saturated rings. The minimum atomic E-state index is -0.823. The average Bonchev–Trinajstić information content (AvgIpc) is 2.76. The van der Waals surface area contributed by atoms with Gasteiger partial charge in [0.2, 0.25) is 0 Å². The number of cyclic esters (lactones) is 1. The highest BCUT2D eigenvalue weighted by atomic mass is 16.6. The van der Waals surface area contributed by atoms with Crippen LogP contribution in [0.5, 0.6) is 23.0 Å². The Kier molecular flexibility index (Phi) is 7.71. The number of aliphatic hydroxyl groups excluding tert-OH is 1. The van der Waals surface area contributed by atoms with Gasteiger partial charge in [0.25, 0.3) is 0 Å². The molecule has 1 atom stereocenters. The molecular weight excluding hydrogens is 438 g/mol. The summed E-state index contributed by atoms with van der Waals surface area (Å²) in [7, 11) is 3.08. The molecule has 2 aromatic rings. The van der Waals surface area contributed by atoms with E-state index in [0.29, 0.717) is 17.5 Å². The minimum absolute atomic E-state index is 0.0540. The van der Waals surface area contributed by atoms with Crippen molar-refractivity contribution in [1.29, 1.82) is 0 Å². The van der Waals surface area contributed by atoms with Crippen molar-refractivity contribution in [3.63, 3.8) is 0 Å². The molecule has 0 bridgehead atoms. The third-order valence-corrected chi connectivity index (χ3v) is 5.72. The highest BCUT2D eigenvalue weighted by Crippen LogP contribution is 2.44. The van der Waals surface area contributed by atoms with Crippen LogP contribution < -0.4 is 14.2 Å². The van der Waals surface area contributed by atoms with Crippen LogP contribution in [-0.2, 0) is 11.3 Å². The zero-order chi connectivity index (χ0) is 25.2. The first-order valence-corrected chi connectivity index (χ1v) is 11.4. The maximum absolute atomic E-state index is 13.0. The fourth-order valence-corrected chi connectivity index (χ4v) is 3.73. The summed E-state index contributed by atoms with van der Waals surface area (Å²) in [4.78, 5) is 27.1. The topological polar surface area (TPSA) is 94.5 Å². The van der Waals surface area contributed by atoms with E-state index in [2.05, 4.69) is 0 Å². The van der Waals surface area contributed by atoms with Crippen LogP contribution in [0.2, 0.25) is 0 Å². The van der Waals surface area contributed by atoms with Crippen LogP contribution in [0.3, 0.4) is 0 Å². The Bertz CT molecular complexity index is 1080. The molecule has 1 aliphatic rings. The van der Waals surface area contributed by atoms with Crippen LogP contribution in [0.1, 0.15) is 67.3 Å². The lowest BCUT2D eigenvalue weighted by atomic mass is 9.96. The number of ether oxygens (including phenoxy) is 4. The highest BCUT2D eigenvalue weighted by molar-refractivity contribution is 5.96. The number of hydrogen-bond donors (Lipinski definition) is 1. The molecule has 34 heavy (non-hydrogen) atoms. The Morgan fingerprint density at radius 1 is 1.21 bits per heavy atom. The molecule has 0 saturated heterocycles. The number of hydrogen-bond acceptors (Lipinski definition) is 7. The molecule has 3 rings (SSSR count). The van der Waals surface area contributed by atoms with E-state index < -0.39 is 18.2 Å². The monoisotopic (exact) mass is 471 g/mol. The number of fused-ring (bicyclic) bond motifs is 2. The van der Waals surface area contributed by atoms with E-state index in [0.717, 1.165) is 5.56 Å². The second-order valence-electron chi connectivity index (χ2n) is 9.21. The van der Waals surface area contributed by atoms with Crippen molar-refractivity contribution in [2.75, 3.05) is 14.2 Å². The zero-order valence-corrected chi connectivity index (χ0v) is 20.8. The van der Waals surface area contributed by atoms with Crippen LogP contribution in [0.15, 0.2) is 24.3 Å². The first-order chi connectivity index (χ1) is 16.0. The average molecular weight is 472 g/mol. The zero-order valence-electron chi connectivity index (χ0n) is 20.8. The van der Waals surface area contributed by atoms with Crippen molar-refractivity contribution in [3.8, 4) is 23.0 Å². The van der Waals surface area contributed by atoms with E-state index in [9.17, 15) is 14.7 Å². The molecule has 184 valence electrons. The third kappa shape index (κ3) is 5.28. The molecule has 1 amide bonds. The van der Waals surface area contributed by atoms with E-state index >= 15 is 0 Å². The number of carbonyl (C=O) groups excluding carboxylic acids is 2. The summed E-state index contributed by atoms with van der Waals surface area (Å²) in [6.45, 7) is 9.53. The van der Waals surface area contributed by atoms with Gasteiger partial charge in [-0.3, -0.25) is 0 Å². The van der Waals surface area contributed by atoms with Gasteiger partial charge in [-0.05, 0) is 62.9 Å². The van der Waals surface area contributed by atoms with Crippen molar-refractivity contribution < 1.29 is 33.6 Å². The summed E-state index contributed by atoms with van der Waals surface area (Å²) in [5.41, 5.74) is 1.94. The summed E-state index contributed by atoms with van der Waals surface area (Å²) < 4.78 is 23.0. The molecule has 1 heterocycles. The third-order valence-electron chi connectivity index (χ3n) is 5.72. The normalized spacial score (nSPS) is 13.8. The predicted molar refractivity (Wildman–Crippen MR) is 127 cm³/mol. The minimum Gasteiger partial charge on any atom is -0.495 e. The number of aliphatic hydroxyl groups is 1. The Balaban J connectivity index is 2.10. The molecule has 8 heteroatoms. The second kappa shape index (κ2) is 10.3. The van der Waals surface area contributed by atoms with E-state index in [1.165, 1.54) is 12.0 Å².